The predicted molar refractivity (Wildman–Crippen MR) is 241 cm³/mol. The lowest BCUT2D eigenvalue weighted by molar-refractivity contribution is 0.515. The van der Waals surface area contributed by atoms with Crippen LogP contribution in [0, 0.1) is 35.5 Å². The van der Waals surface area contributed by atoms with E-state index in [-0.39, 0.29) is 0 Å². The predicted octanol–water partition coefficient (Wildman–Crippen LogP) is 13.3. The number of hydrogen-bond donors (Lipinski definition) is 4. The summed E-state index contributed by atoms with van der Waals surface area (Å²) in [5, 5.41) is 15.0. The van der Waals surface area contributed by atoms with E-state index in [9.17, 15) is 0 Å². The van der Waals surface area contributed by atoms with Gasteiger partial charge in [0.05, 0.1) is 0 Å². The maximum Gasteiger partial charge on any atom is 0.00313 e. The third-order valence-electron chi connectivity index (χ3n) is 11.8. The highest BCUT2D eigenvalue weighted by molar-refractivity contribution is 9.09. The van der Waals surface area contributed by atoms with Gasteiger partial charge in [0.25, 0.3) is 0 Å². The lowest BCUT2D eigenvalue weighted by Gasteiger charge is -2.06. The summed E-state index contributed by atoms with van der Waals surface area (Å²) in [6.45, 7) is 25.0. The fourth-order valence-electron chi connectivity index (χ4n) is 7.64. The molecule has 6 unspecified atom stereocenters. The summed E-state index contributed by atoms with van der Waals surface area (Å²) in [6.07, 6.45) is 36.0. The molecule has 3 saturated carbocycles. The normalized spacial score (nSPS) is 22.4. The van der Waals surface area contributed by atoms with Crippen molar-refractivity contribution in [2.24, 2.45) is 35.5 Å². The monoisotopic (exact) mass is 799 g/mol. The van der Waals surface area contributed by atoms with Crippen LogP contribution in [0.25, 0.3) is 0 Å². The smallest absolute Gasteiger partial charge is 0.00313 e. The van der Waals surface area contributed by atoms with E-state index in [2.05, 4.69) is 85.7 Å². The van der Waals surface area contributed by atoms with Gasteiger partial charge < -0.3 is 21.3 Å². The molecule has 0 radical (unpaired) electrons. The zero-order valence-electron chi connectivity index (χ0n) is 36.9. The molecule has 0 amide bonds. The van der Waals surface area contributed by atoms with Gasteiger partial charge in [0, 0.05) is 5.33 Å². The molecule has 0 spiro atoms. The fourth-order valence-corrected chi connectivity index (χ4v) is 8.03. The summed E-state index contributed by atoms with van der Waals surface area (Å²) < 4.78 is 0. The average Bonchev–Trinajstić information content (AvgIpc) is 4.08. The zero-order chi connectivity index (χ0) is 38.3. The maximum atomic E-state index is 3.58. The molecule has 0 aliphatic heterocycles. The van der Waals surface area contributed by atoms with Crippen molar-refractivity contribution < 1.29 is 0 Å². The van der Waals surface area contributed by atoms with Crippen LogP contribution in [0.15, 0.2) is 0 Å². The van der Waals surface area contributed by atoms with Gasteiger partial charge in [-0.25, -0.2) is 0 Å². The average molecular weight is 800 g/mol. The van der Waals surface area contributed by atoms with Gasteiger partial charge in [-0.05, 0) is 126 Å². The van der Waals surface area contributed by atoms with Gasteiger partial charge in [-0.1, -0.05) is 186 Å². The second kappa shape index (κ2) is 41.0. The van der Waals surface area contributed by atoms with Crippen molar-refractivity contribution in [2.75, 3.05) is 57.7 Å². The van der Waals surface area contributed by atoms with Crippen molar-refractivity contribution in [3.05, 3.63) is 0 Å². The molecule has 3 aliphatic rings. The minimum atomic E-state index is 0.931. The standard InChI is InChI=1S/C19H38.C15H34N4.C7H14.C6H13Br/c1-3-5-7-9-11-13-15-18-17-19(18)16-14-12-10-8-6-4-2;1-3-16-7-5-9-18-12-14-11-15(14)13-19-10-6-8-17-4-2;1-3-6-5-7(6)4-2;1-2-3-4-5-6-7/h18-19H,3-17H2,1-2H3;14-19H,3-13H2,1-2H3;6-7H,3-5H2,1-2H3;2-6H2,1H3. The van der Waals surface area contributed by atoms with E-state index in [1.807, 2.05) is 0 Å². The van der Waals surface area contributed by atoms with Gasteiger partial charge in [0.2, 0.25) is 0 Å². The number of halogens is 1. The quantitative estimate of drug-likeness (QED) is 0.0387. The number of rotatable bonds is 34. The van der Waals surface area contributed by atoms with Crippen molar-refractivity contribution in [1.29, 1.82) is 0 Å². The van der Waals surface area contributed by atoms with Crippen LogP contribution < -0.4 is 21.3 Å². The van der Waals surface area contributed by atoms with E-state index in [0.29, 0.717) is 0 Å². The van der Waals surface area contributed by atoms with Crippen LogP contribution in [0.2, 0.25) is 0 Å². The molecule has 4 N–H and O–H groups in total. The van der Waals surface area contributed by atoms with Gasteiger partial charge in [0.1, 0.15) is 0 Å². The maximum absolute atomic E-state index is 3.58. The summed E-state index contributed by atoms with van der Waals surface area (Å²) >= 11 is 3.38. The van der Waals surface area contributed by atoms with Crippen LogP contribution in [0.1, 0.15) is 209 Å². The first-order valence-corrected chi connectivity index (χ1v) is 25.1. The lowest BCUT2D eigenvalue weighted by atomic mass is 10.0. The molecule has 3 rings (SSSR count). The Balaban J connectivity index is 0.000000735. The van der Waals surface area contributed by atoms with E-state index in [4.69, 9.17) is 0 Å². The Bertz CT molecular complexity index is 584. The summed E-state index contributed by atoms with van der Waals surface area (Å²) in [5.41, 5.74) is 0. The SMILES string of the molecule is CCC1CC1CC.CCCCCCBr.CCCCCCCCC1CC1CCCCCCCC.CCNCCCNCC1CC1CNCCCNCC. The minimum Gasteiger partial charge on any atom is -0.317 e. The molecule has 0 aromatic heterocycles. The number of nitrogens with one attached hydrogen (secondary N) is 4. The molecule has 0 aromatic carbocycles. The van der Waals surface area contributed by atoms with Crippen LogP contribution >= 0.6 is 15.9 Å². The van der Waals surface area contributed by atoms with E-state index >= 15 is 0 Å². The van der Waals surface area contributed by atoms with Crippen LogP contribution in [0.4, 0.5) is 0 Å². The molecule has 3 fully saturated rings. The Labute approximate surface area is 338 Å². The molecule has 0 heterocycles. The molecule has 314 valence electrons. The molecule has 5 heteroatoms. The highest BCUT2D eigenvalue weighted by Gasteiger charge is 2.36. The third-order valence-corrected chi connectivity index (χ3v) is 12.4. The Morgan fingerprint density at radius 3 is 1.08 bits per heavy atom. The molecule has 0 bridgehead atoms. The van der Waals surface area contributed by atoms with E-state index in [0.717, 1.165) is 74.8 Å². The van der Waals surface area contributed by atoms with Crippen LogP contribution in [0.5, 0.6) is 0 Å². The molecular formula is C47H99BrN4. The number of unbranched alkanes of at least 4 members (excludes halogenated alkanes) is 13. The Morgan fingerprint density at radius 2 is 0.712 bits per heavy atom. The highest BCUT2D eigenvalue weighted by Crippen LogP contribution is 2.46. The first kappa shape index (κ1) is 52.3. The zero-order valence-corrected chi connectivity index (χ0v) is 38.5. The van der Waals surface area contributed by atoms with Gasteiger partial charge in [0.15, 0.2) is 0 Å². The molecule has 0 saturated heterocycles. The van der Waals surface area contributed by atoms with Crippen LogP contribution in [-0.2, 0) is 0 Å². The van der Waals surface area contributed by atoms with E-state index in [1.165, 1.54) is 160 Å². The molecular weight excluding hydrogens is 700 g/mol. The Hall–Kier alpha value is 0.320. The Morgan fingerprint density at radius 1 is 0.365 bits per heavy atom. The van der Waals surface area contributed by atoms with Crippen LogP contribution in [-0.4, -0.2) is 57.7 Å². The third kappa shape index (κ3) is 36.0. The molecule has 0 aromatic rings. The number of alkyl halides is 1. The Kier molecular flexibility index (Phi) is 41.2. The lowest BCUT2D eigenvalue weighted by Crippen LogP contribution is -2.26. The highest BCUT2D eigenvalue weighted by atomic mass is 79.9. The summed E-state index contributed by atoms with van der Waals surface area (Å²) in [5.74, 6) is 6.37. The second-order valence-corrected chi connectivity index (χ2v) is 17.6. The van der Waals surface area contributed by atoms with Crippen molar-refractivity contribution in [3.63, 3.8) is 0 Å². The molecule has 6 atom stereocenters. The van der Waals surface area contributed by atoms with Crippen molar-refractivity contribution in [2.45, 2.75) is 209 Å². The number of hydrogen-bond acceptors (Lipinski definition) is 4. The van der Waals surface area contributed by atoms with Crippen LogP contribution in [0.3, 0.4) is 0 Å². The van der Waals surface area contributed by atoms with E-state index < -0.39 is 0 Å². The van der Waals surface area contributed by atoms with Gasteiger partial charge >= 0.3 is 0 Å². The summed E-state index contributed by atoms with van der Waals surface area (Å²) in [7, 11) is 0. The van der Waals surface area contributed by atoms with Crippen molar-refractivity contribution in [3.8, 4) is 0 Å². The fraction of sp³-hybridized carbons (Fsp3) is 1.00. The van der Waals surface area contributed by atoms with E-state index in [1.54, 1.807) is 19.3 Å². The van der Waals surface area contributed by atoms with Gasteiger partial charge in [-0.2, -0.15) is 0 Å². The minimum absolute atomic E-state index is 0.931. The first-order valence-electron chi connectivity index (χ1n) is 23.9. The van der Waals surface area contributed by atoms with Crippen molar-refractivity contribution in [1.82, 2.24) is 21.3 Å². The van der Waals surface area contributed by atoms with Gasteiger partial charge in [-0.15, -0.1) is 0 Å². The topological polar surface area (TPSA) is 48.1 Å². The summed E-state index contributed by atoms with van der Waals surface area (Å²) in [6, 6.07) is 0. The largest absolute Gasteiger partial charge is 0.317 e. The molecule has 52 heavy (non-hydrogen) atoms. The first-order chi connectivity index (χ1) is 25.6. The molecule has 3 aliphatic carbocycles. The second-order valence-electron chi connectivity index (χ2n) is 16.8. The summed E-state index contributed by atoms with van der Waals surface area (Å²) in [4.78, 5) is 0. The van der Waals surface area contributed by atoms with Gasteiger partial charge in [-0.3, -0.25) is 0 Å². The van der Waals surface area contributed by atoms with Crippen molar-refractivity contribution >= 4 is 15.9 Å². The molecule has 4 nitrogen and oxygen atoms in total.